The predicted octanol–water partition coefficient (Wildman–Crippen LogP) is 27.2. The van der Waals surface area contributed by atoms with Crippen molar-refractivity contribution in [3.8, 4) is 0 Å². The highest BCUT2D eigenvalue weighted by Gasteiger charge is 2.26. The van der Waals surface area contributed by atoms with Gasteiger partial charge in [0.2, 0.25) is 0 Å². The first-order chi connectivity index (χ1) is 45.3. The van der Waals surface area contributed by atoms with Crippen LogP contribution in [0.3, 0.4) is 0 Å². The van der Waals surface area contributed by atoms with Gasteiger partial charge < -0.3 is 20.1 Å². The Morgan fingerprint density at radius 3 is 0.891 bits per heavy atom. The molecule has 0 aliphatic heterocycles. The third-order valence-corrected chi connectivity index (χ3v) is 19.5. The Morgan fingerprint density at radius 2 is 0.598 bits per heavy atom. The standard InChI is InChI=1S/C82H156NO8P/c1-3-5-7-9-11-13-15-17-19-21-23-25-27-29-31-33-35-37-38-39-40-41-42-43-45-47-49-51-53-55-57-59-61-63-65-67-69-71-73-75-82(85)91-80(79-90-92(86,87)89-77-76-83)78-88-81(84)74-72-70-68-66-64-62-60-58-56-54-52-50-48-46-44-36-34-32-30-28-26-24-22-20-18-16-14-12-10-8-6-4-2/h5,7,11,13,17,19,23,25,80H,3-4,6,8-10,12,14-16,18,20-22,24,26-79,83H2,1-2H3,(H,86,87)/b7-5-,13-11-,19-17-,25-23-. The fourth-order valence-electron chi connectivity index (χ4n) is 12.5. The minimum atomic E-state index is -4.39. The number of allylic oxidation sites excluding steroid dienone is 8. The van der Waals surface area contributed by atoms with E-state index in [0.29, 0.717) is 6.42 Å². The van der Waals surface area contributed by atoms with Gasteiger partial charge in [0, 0.05) is 19.4 Å². The molecule has 0 aromatic heterocycles. The van der Waals surface area contributed by atoms with Gasteiger partial charge in [-0.3, -0.25) is 18.6 Å². The summed E-state index contributed by atoms with van der Waals surface area (Å²) in [6.45, 7) is 3.72. The molecule has 0 rings (SSSR count). The molecule has 0 heterocycles. The third-order valence-electron chi connectivity index (χ3n) is 18.5. The molecule has 0 saturated carbocycles. The smallest absolute Gasteiger partial charge is 0.462 e. The number of carbonyl (C=O) groups is 2. The third kappa shape index (κ3) is 77.0. The van der Waals surface area contributed by atoms with Gasteiger partial charge in [0.25, 0.3) is 0 Å². The molecule has 2 atom stereocenters. The van der Waals surface area contributed by atoms with Gasteiger partial charge in [-0.05, 0) is 51.4 Å². The lowest BCUT2D eigenvalue weighted by molar-refractivity contribution is -0.161. The SMILES string of the molecule is CC/C=C\C/C=C\C/C=C\C/C=C\CCCCCCCCCCCCCCCCCCCCCCCCCCCCC(=O)OC(COC(=O)CCCCCCCCCCCCCCCCCCCCCCCCCCCCCCCCCC)COP(=O)(O)OCCN. The Kier molecular flexibility index (Phi) is 76.3. The number of hydrogen-bond donors (Lipinski definition) is 2. The molecule has 0 fully saturated rings. The molecule has 9 nitrogen and oxygen atoms in total. The molecule has 0 saturated heterocycles. The molecule has 0 bridgehead atoms. The summed E-state index contributed by atoms with van der Waals surface area (Å²) in [5.74, 6) is -0.799. The highest BCUT2D eigenvalue weighted by Crippen LogP contribution is 2.43. The first-order valence-corrected chi connectivity index (χ1v) is 42.1. The van der Waals surface area contributed by atoms with Crippen molar-refractivity contribution in [1.82, 2.24) is 0 Å². The second kappa shape index (κ2) is 78.0. The van der Waals surface area contributed by atoms with Crippen molar-refractivity contribution in [2.75, 3.05) is 26.4 Å². The Bertz CT molecular complexity index is 1650. The zero-order valence-electron chi connectivity index (χ0n) is 61.3. The summed E-state index contributed by atoms with van der Waals surface area (Å²) in [5, 5.41) is 0. The van der Waals surface area contributed by atoms with E-state index >= 15 is 0 Å². The van der Waals surface area contributed by atoms with E-state index in [9.17, 15) is 19.0 Å². The van der Waals surface area contributed by atoms with E-state index in [-0.39, 0.29) is 38.6 Å². The molecule has 10 heteroatoms. The van der Waals surface area contributed by atoms with Gasteiger partial charge in [-0.2, -0.15) is 0 Å². The van der Waals surface area contributed by atoms with Gasteiger partial charge in [-0.1, -0.05) is 416 Å². The molecule has 3 N–H and O–H groups in total. The predicted molar refractivity (Wildman–Crippen MR) is 400 cm³/mol. The Labute approximate surface area is 572 Å². The maximum Gasteiger partial charge on any atom is 0.472 e. The van der Waals surface area contributed by atoms with Gasteiger partial charge in [0.05, 0.1) is 13.2 Å². The van der Waals surface area contributed by atoms with Crippen molar-refractivity contribution in [3.05, 3.63) is 48.6 Å². The number of phosphoric ester groups is 1. The maximum absolute atomic E-state index is 12.8. The molecule has 0 aliphatic carbocycles. The van der Waals surface area contributed by atoms with E-state index in [0.717, 1.165) is 57.8 Å². The van der Waals surface area contributed by atoms with Crippen LogP contribution in [0.5, 0.6) is 0 Å². The molecule has 0 aromatic carbocycles. The van der Waals surface area contributed by atoms with Crippen LogP contribution < -0.4 is 5.73 Å². The quantitative estimate of drug-likeness (QED) is 0.0264. The van der Waals surface area contributed by atoms with Crippen molar-refractivity contribution in [1.29, 1.82) is 0 Å². The highest BCUT2D eigenvalue weighted by molar-refractivity contribution is 7.47. The van der Waals surface area contributed by atoms with Crippen LogP contribution in [0, 0.1) is 0 Å². The molecule has 0 spiro atoms. The van der Waals surface area contributed by atoms with Crippen LogP contribution in [-0.2, 0) is 32.7 Å². The van der Waals surface area contributed by atoms with E-state index < -0.39 is 26.5 Å². The number of esters is 2. The molecule has 0 radical (unpaired) electrons. The van der Waals surface area contributed by atoms with Crippen LogP contribution in [-0.4, -0.2) is 49.3 Å². The van der Waals surface area contributed by atoms with Gasteiger partial charge in [-0.25, -0.2) is 4.57 Å². The second-order valence-corrected chi connectivity index (χ2v) is 29.1. The Morgan fingerprint density at radius 1 is 0.337 bits per heavy atom. The Hall–Kier alpha value is -2.03. The monoisotopic (exact) mass is 1310 g/mol. The van der Waals surface area contributed by atoms with E-state index in [1.165, 1.54) is 340 Å². The molecule has 0 amide bonds. The zero-order valence-corrected chi connectivity index (χ0v) is 62.2. The summed E-state index contributed by atoms with van der Waals surface area (Å²) in [6.07, 6.45) is 101. The summed E-state index contributed by atoms with van der Waals surface area (Å²) in [5.41, 5.74) is 5.42. The number of phosphoric acid groups is 1. The average Bonchev–Trinajstić information content (AvgIpc) is 3.08. The van der Waals surface area contributed by atoms with E-state index in [1.807, 2.05) is 0 Å². The normalized spacial score (nSPS) is 13.0. The largest absolute Gasteiger partial charge is 0.472 e. The number of hydrogen-bond acceptors (Lipinski definition) is 8. The summed E-state index contributed by atoms with van der Waals surface area (Å²) in [7, 11) is -4.39. The van der Waals surface area contributed by atoms with Gasteiger partial charge >= 0.3 is 19.8 Å². The van der Waals surface area contributed by atoms with Crippen molar-refractivity contribution < 1.29 is 37.6 Å². The Balaban J connectivity index is 3.73. The molecule has 0 aliphatic rings. The van der Waals surface area contributed by atoms with Crippen LogP contribution in [0.25, 0.3) is 0 Å². The van der Waals surface area contributed by atoms with Gasteiger partial charge in [0.1, 0.15) is 6.61 Å². The van der Waals surface area contributed by atoms with Gasteiger partial charge in [-0.15, -0.1) is 0 Å². The molecular weight excluding hydrogens is 1160 g/mol. The number of nitrogens with two attached hydrogens (primary N) is 1. The van der Waals surface area contributed by atoms with Crippen LogP contribution in [0.2, 0.25) is 0 Å². The first kappa shape index (κ1) is 90.0. The lowest BCUT2D eigenvalue weighted by Gasteiger charge is -2.19. The van der Waals surface area contributed by atoms with Crippen molar-refractivity contribution in [3.63, 3.8) is 0 Å². The molecule has 92 heavy (non-hydrogen) atoms. The minimum Gasteiger partial charge on any atom is -0.462 e. The summed E-state index contributed by atoms with van der Waals surface area (Å²) >= 11 is 0. The fraction of sp³-hybridized carbons (Fsp3) is 0.878. The van der Waals surface area contributed by atoms with E-state index in [2.05, 4.69) is 62.5 Å². The van der Waals surface area contributed by atoms with E-state index in [4.69, 9.17) is 24.3 Å². The van der Waals surface area contributed by atoms with Gasteiger partial charge in [0.15, 0.2) is 6.10 Å². The molecule has 0 aromatic rings. The summed E-state index contributed by atoms with van der Waals surface area (Å²) < 4.78 is 33.3. The average molecular weight is 1320 g/mol. The summed E-state index contributed by atoms with van der Waals surface area (Å²) in [6, 6.07) is 0. The second-order valence-electron chi connectivity index (χ2n) is 27.6. The van der Waals surface area contributed by atoms with Crippen LogP contribution in [0.1, 0.15) is 431 Å². The van der Waals surface area contributed by atoms with Crippen LogP contribution >= 0.6 is 7.82 Å². The number of unbranched alkanes of at least 4 members (excludes halogenated alkanes) is 57. The highest BCUT2D eigenvalue weighted by atomic mass is 31.2. The minimum absolute atomic E-state index is 0.0568. The number of carbonyl (C=O) groups excluding carboxylic acids is 2. The molecule has 542 valence electrons. The topological polar surface area (TPSA) is 134 Å². The summed E-state index contributed by atoms with van der Waals surface area (Å²) in [4.78, 5) is 35.5. The number of ether oxygens (including phenoxy) is 2. The molecular formula is C82H156NO8P. The van der Waals surface area contributed by atoms with Crippen LogP contribution in [0.15, 0.2) is 48.6 Å². The van der Waals surface area contributed by atoms with Crippen molar-refractivity contribution in [2.45, 2.75) is 437 Å². The van der Waals surface area contributed by atoms with Crippen LogP contribution in [0.4, 0.5) is 0 Å². The zero-order chi connectivity index (χ0) is 66.5. The first-order valence-electron chi connectivity index (χ1n) is 40.6. The lowest BCUT2D eigenvalue weighted by Crippen LogP contribution is -2.29. The fourth-order valence-corrected chi connectivity index (χ4v) is 13.3. The van der Waals surface area contributed by atoms with Crippen molar-refractivity contribution in [2.24, 2.45) is 5.73 Å². The number of rotatable bonds is 78. The van der Waals surface area contributed by atoms with E-state index in [1.54, 1.807) is 0 Å². The molecule has 2 unspecified atom stereocenters. The van der Waals surface area contributed by atoms with Crippen molar-refractivity contribution >= 4 is 19.8 Å². The lowest BCUT2D eigenvalue weighted by atomic mass is 10.0. The maximum atomic E-state index is 12.8.